The van der Waals surface area contributed by atoms with Crippen LogP contribution in [0.3, 0.4) is 0 Å². The first-order chi connectivity index (χ1) is 9.20. The molecule has 0 aromatic rings. The van der Waals surface area contributed by atoms with Gasteiger partial charge in [0.25, 0.3) is 0 Å². The van der Waals surface area contributed by atoms with E-state index in [4.69, 9.17) is 9.47 Å². The lowest BCUT2D eigenvalue weighted by Crippen LogP contribution is -2.45. The third-order valence-corrected chi connectivity index (χ3v) is 4.50. The summed E-state index contributed by atoms with van der Waals surface area (Å²) in [7, 11) is 0. The fourth-order valence-corrected chi connectivity index (χ4v) is 3.14. The van der Waals surface area contributed by atoms with E-state index in [0.717, 1.165) is 26.4 Å². The average Bonchev–Trinajstić information content (AvgIpc) is 2.80. The highest BCUT2D eigenvalue weighted by atomic mass is 16.5. The Kier molecular flexibility index (Phi) is 6.11. The Bertz CT molecular complexity index is 241. The summed E-state index contributed by atoms with van der Waals surface area (Å²) in [6, 6.07) is 0.540. The Balaban J connectivity index is 1.87. The number of ether oxygens (including phenoxy) is 2. The predicted octanol–water partition coefficient (Wildman–Crippen LogP) is 3.13. The smallest absolute Gasteiger partial charge is 0.0806 e. The lowest BCUT2D eigenvalue weighted by molar-refractivity contribution is -0.0705. The minimum absolute atomic E-state index is 0.0867. The second-order valence-electron chi connectivity index (χ2n) is 6.67. The Hall–Kier alpha value is -0.120. The predicted molar refractivity (Wildman–Crippen MR) is 78.4 cm³/mol. The molecule has 1 N–H and O–H groups in total. The van der Waals surface area contributed by atoms with Crippen LogP contribution in [0.5, 0.6) is 0 Å². The van der Waals surface area contributed by atoms with Gasteiger partial charge in [-0.3, -0.25) is 0 Å². The van der Waals surface area contributed by atoms with Gasteiger partial charge in [-0.15, -0.1) is 0 Å². The molecule has 0 amide bonds. The van der Waals surface area contributed by atoms with Crippen molar-refractivity contribution in [3.63, 3.8) is 0 Å². The van der Waals surface area contributed by atoms with Crippen molar-refractivity contribution in [1.29, 1.82) is 0 Å². The van der Waals surface area contributed by atoms with E-state index in [0.29, 0.717) is 12.0 Å². The first-order valence-corrected chi connectivity index (χ1v) is 8.15. The van der Waals surface area contributed by atoms with Crippen molar-refractivity contribution in [2.45, 2.75) is 70.4 Å². The SMILES string of the molecule is CC(C)NCC1(OCC2CCOC2)CCCCCC1. The summed E-state index contributed by atoms with van der Waals surface area (Å²) in [4.78, 5) is 0. The molecule has 1 aliphatic carbocycles. The van der Waals surface area contributed by atoms with E-state index in [2.05, 4.69) is 19.2 Å². The van der Waals surface area contributed by atoms with Crippen LogP contribution in [0.2, 0.25) is 0 Å². The highest BCUT2D eigenvalue weighted by Gasteiger charge is 2.33. The average molecular weight is 269 g/mol. The molecule has 2 aliphatic rings. The van der Waals surface area contributed by atoms with E-state index in [1.165, 1.54) is 44.9 Å². The fraction of sp³-hybridized carbons (Fsp3) is 1.00. The topological polar surface area (TPSA) is 30.5 Å². The summed E-state index contributed by atoms with van der Waals surface area (Å²) in [5.74, 6) is 0.624. The van der Waals surface area contributed by atoms with Crippen LogP contribution >= 0.6 is 0 Å². The van der Waals surface area contributed by atoms with Gasteiger partial charge in [-0.05, 0) is 19.3 Å². The van der Waals surface area contributed by atoms with Gasteiger partial charge in [0.2, 0.25) is 0 Å². The normalized spacial score (nSPS) is 27.6. The van der Waals surface area contributed by atoms with Crippen LogP contribution in [0.4, 0.5) is 0 Å². The highest BCUT2D eigenvalue weighted by Crippen LogP contribution is 2.31. The maximum Gasteiger partial charge on any atom is 0.0806 e. The quantitative estimate of drug-likeness (QED) is 0.752. The molecule has 2 fully saturated rings. The van der Waals surface area contributed by atoms with Crippen molar-refractivity contribution in [3.05, 3.63) is 0 Å². The van der Waals surface area contributed by atoms with Crippen LogP contribution < -0.4 is 5.32 Å². The molecule has 1 saturated carbocycles. The van der Waals surface area contributed by atoms with E-state index >= 15 is 0 Å². The molecule has 0 aromatic carbocycles. The van der Waals surface area contributed by atoms with E-state index in [-0.39, 0.29) is 5.60 Å². The van der Waals surface area contributed by atoms with Gasteiger partial charge in [-0.1, -0.05) is 39.5 Å². The lowest BCUT2D eigenvalue weighted by Gasteiger charge is -2.35. The molecule has 1 aliphatic heterocycles. The fourth-order valence-electron chi connectivity index (χ4n) is 3.14. The molecule has 3 nitrogen and oxygen atoms in total. The lowest BCUT2D eigenvalue weighted by atomic mass is 9.93. The molecular formula is C16H31NO2. The molecule has 1 unspecified atom stereocenters. The summed E-state index contributed by atoms with van der Waals surface area (Å²) < 4.78 is 11.9. The minimum atomic E-state index is 0.0867. The zero-order valence-corrected chi connectivity index (χ0v) is 12.7. The van der Waals surface area contributed by atoms with Gasteiger partial charge >= 0.3 is 0 Å². The van der Waals surface area contributed by atoms with Crippen LogP contribution in [0.1, 0.15) is 58.8 Å². The van der Waals surface area contributed by atoms with Crippen molar-refractivity contribution in [1.82, 2.24) is 5.32 Å². The zero-order valence-electron chi connectivity index (χ0n) is 12.7. The van der Waals surface area contributed by atoms with Crippen molar-refractivity contribution in [3.8, 4) is 0 Å². The molecule has 2 rings (SSSR count). The third-order valence-electron chi connectivity index (χ3n) is 4.50. The Labute approximate surface area is 118 Å². The molecule has 112 valence electrons. The molecular weight excluding hydrogens is 238 g/mol. The van der Waals surface area contributed by atoms with E-state index < -0.39 is 0 Å². The standard InChI is InChI=1S/C16H31NO2/c1-14(2)17-13-16(8-5-3-4-6-9-16)19-12-15-7-10-18-11-15/h14-15,17H,3-13H2,1-2H3. The van der Waals surface area contributed by atoms with Gasteiger partial charge in [-0.2, -0.15) is 0 Å². The summed E-state index contributed by atoms with van der Waals surface area (Å²) in [5, 5.41) is 3.60. The zero-order chi connectivity index (χ0) is 13.6. The van der Waals surface area contributed by atoms with Gasteiger partial charge in [0.15, 0.2) is 0 Å². The van der Waals surface area contributed by atoms with Gasteiger partial charge in [0, 0.05) is 25.1 Å². The molecule has 1 atom stereocenters. The van der Waals surface area contributed by atoms with Gasteiger partial charge < -0.3 is 14.8 Å². The Morgan fingerprint density at radius 1 is 1.21 bits per heavy atom. The van der Waals surface area contributed by atoms with E-state index in [1.54, 1.807) is 0 Å². The largest absolute Gasteiger partial charge is 0.381 e. The maximum atomic E-state index is 6.44. The molecule has 0 radical (unpaired) electrons. The number of rotatable bonds is 6. The molecule has 1 saturated heterocycles. The third kappa shape index (κ3) is 5.05. The van der Waals surface area contributed by atoms with Crippen LogP contribution in [-0.4, -0.2) is 38.0 Å². The maximum absolute atomic E-state index is 6.44. The second-order valence-corrected chi connectivity index (χ2v) is 6.67. The van der Waals surface area contributed by atoms with E-state index in [1.807, 2.05) is 0 Å². The number of hydrogen-bond donors (Lipinski definition) is 1. The molecule has 1 heterocycles. The van der Waals surface area contributed by atoms with E-state index in [9.17, 15) is 0 Å². The first-order valence-electron chi connectivity index (χ1n) is 8.15. The second kappa shape index (κ2) is 7.61. The Morgan fingerprint density at radius 3 is 2.53 bits per heavy atom. The van der Waals surface area contributed by atoms with Crippen LogP contribution in [-0.2, 0) is 9.47 Å². The summed E-state index contributed by atoms with van der Waals surface area (Å²) in [6.07, 6.45) is 9.01. The van der Waals surface area contributed by atoms with Crippen molar-refractivity contribution in [2.24, 2.45) is 5.92 Å². The molecule has 0 spiro atoms. The van der Waals surface area contributed by atoms with Crippen molar-refractivity contribution < 1.29 is 9.47 Å². The van der Waals surface area contributed by atoms with Crippen LogP contribution in [0.25, 0.3) is 0 Å². The highest BCUT2D eigenvalue weighted by molar-refractivity contribution is 4.86. The van der Waals surface area contributed by atoms with Crippen LogP contribution in [0.15, 0.2) is 0 Å². The van der Waals surface area contributed by atoms with Crippen molar-refractivity contribution in [2.75, 3.05) is 26.4 Å². The van der Waals surface area contributed by atoms with Crippen LogP contribution in [0, 0.1) is 5.92 Å². The van der Waals surface area contributed by atoms with Crippen molar-refractivity contribution >= 4 is 0 Å². The Morgan fingerprint density at radius 2 is 1.95 bits per heavy atom. The van der Waals surface area contributed by atoms with Gasteiger partial charge in [0.05, 0.1) is 18.8 Å². The van der Waals surface area contributed by atoms with Gasteiger partial charge in [0.1, 0.15) is 0 Å². The minimum Gasteiger partial charge on any atom is -0.381 e. The molecule has 3 heteroatoms. The summed E-state index contributed by atoms with van der Waals surface area (Å²) in [5.41, 5.74) is 0.0867. The van der Waals surface area contributed by atoms with Gasteiger partial charge in [-0.25, -0.2) is 0 Å². The monoisotopic (exact) mass is 269 g/mol. The molecule has 0 bridgehead atoms. The first kappa shape index (κ1) is 15.3. The molecule has 0 aromatic heterocycles. The number of hydrogen-bond acceptors (Lipinski definition) is 3. The number of nitrogens with one attached hydrogen (secondary N) is 1. The molecule has 19 heavy (non-hydrogen) atoms. The summed E-state index contributed by atoms with van der Waals surface area (Å²) in [6.45, 7) is 8.15. The summed E-state index contributed by atoms with van der Waals surface area (Å²) >= 11 is 0.